The minimum Gasteiger partial charge on any atom is -0.364 e. The third-order valence-corrected chi connectivity index (χ3v) is 6.25. The monoisotopic (exact) mass is 490 g/mol. The molecule has 0 bridgehead atoms. The summed E-state index contributed by atoms with van der Waals surface area (Å²) in [5.41, 5.74) is 15.6. The molecule has 1 aliphatic rings. The number of carbonyl (C=O) groups excluding carboxylic acids is 2. The zero-order chi connectivity index (χ0) is 23.2. The predicted molar refractivity (Wildman–Crippen MR) is 126 cm³/mol. The third kappa shape index (κ3) is 4.62. The van der Waals surface area contributed by atoms with Crippen LogP contribution in [-0.4, -0.2) is 36.1 Å². The van der Waals surface area contributed by atoms with Crippen LogP contribution >= 0.6 is 12.4 Å². The number of primary sulfonamides is 1. The normalized spacial score (nSPS) is 13.3. The average Bonchev–Trinajstić information content (AvgIpc) is 3.13. The standard InChI is InChI=1S/C21H22N6O4S.ClH/c1-11(22)21(29)25-13-4-2-12-3-9-16-18(20(23)28)26-27(19(16)17(12)10-13)14-5-7-15(8-6-14)32(24,30)31;/h2,4-8,10-11H,3,9,22H2,1H3,(H2,23,28)(H,25,29)(H2,24,30,31);1H/t11-;/m0./s1. The molecule has 10 nitrogen and oxygen atoms in total. The van der Waals surface area contributed by atoms with Gasteiger partial charge in [-0.3, -0.25) is 9.59 Å². The van der Waals surface area contributed by atoms with Crippen LogP contribution in [0.25, 0.3) is 16.9 Å². The van der Waals surface area contributed by atoms with Gasteiger partial charge in [-0.1, -0.05) is 6.07 Å². The zero-order valence-corrected chi connectivity index (χ0v) is 19.2. The number of primary amides is 1. The number of sulfonamides is 1. The molecule has 0 unspecified atom stereocenters. The van der Waals surface area contributed by atoms with Crippen molar-refractivity contribution in [2.45, 2.75) is 30.7 Å². The number of rotatable bonds is 5. The quantitative estimate of drug-likeness (QED) is 0.416. The van der Waals surface area contributed by atoms with E-state index in [0.29, 0.717) is 35.5 Å². The van der Waals surface area contributed by atoms with Crippen molar-refractivity contribution in [2.75, 3.05) is 5.32 Å². The first-order valence-corrected chi connectivity index (χ1v) is 11.4. The summed E-state index contributed by atoms with van der Waals surface area (Å²) in [5, 5.41) is 12.4. The molecular formula is C21H23ClN6O4S. The Morgan fingerprint density at radius 3 is 2.36 bits per heavy atom. The van der Waals surface area contributed by atoms with E-state index in [1.165, 1.54) is 12.1 Å². The second kappa shape index (κ2) is 8.94. The summed E-state index contributed by atoms with van der Waals surface area (Å²) in [4.78, 5) is 24.1. The number of aryl methyl sites for hydroxylation is 1. The maximum absolute atomic E-state index is 12.1. The van der Waals surface area contributed by atoms with Crippen LogP contribution in [0.5, 0.6) is 0 Å². The number of nitrogens with zero attached hydrogens (tertiary/aromatic N) is 2. The lowest BCUT2D eigenvalue weighted by Gasteiger charge is -2.20. The van der Waals surface area contributed by atoms with Crippen LogP contribution in [-0.2, 0) is 27.7 Å². The lowest BCUT2D eigenvalue weighted by molar-refractivity contribution is -0.117. The van der Waals surface area contributed by atoms with Gasteiger partial charge in [-0.25, -0.2) is 18.2 Å². The Kier molecular flexibility index (Phi) is 6.61. The number of anilines is 1. The topological polar surface area (TPSA) is 176 Å². The predicted octanol–water partition coefficient (Wildman–Crippen LogP) is 1.09. The molecule has 12 heteroatoms. The highest BCUT2D eigenvalue weighted by Gasteiger charge is 2.28. The van der Waals surface area contributed by atoms with Crippen molar-refractivity contribution < 1.29 is 18.0 Å². The van der Waals surface area contributed by atoms with Crippen LogP contribution in [0.1, 0.15) is 28.5 Å². The number of amides is 2. The van der Waals surface area contributed by atoms with Gasteiger partial charge in [0, 0.05) is 16.8 Å². The van der Waals surface area contributed by atoms with Gasteiger partial charge in [0.1, 0.15) is 0 Å². The number of aromatic nitrogens is 2. The van der Waals surface area contributed by atoms with Gasteiger partial charge >= 0.3 is 0 Å². The number of benzene rings is 2. The molecular weight excluding hydrogens is 468 g/mol. The Morgan fingerprint density at radius 2 is 1.79 bits per heavy atom. The van der Waals surface area contributed by atoms with Gasteiger partial charge in [-0.15, -0.1) is 12.4 Å². The Labute approximate surface area is 196 Å². The molecule has 1 atom stereocenters. The van der Waals surface area contributed by atoms with E-state index >= 15 is 0 Å². The fraction of sp³-hybridized carbons (Fsp3) is 0.190. The molecule has 1 aromatic heterocycles. The molecule has 0 radical (unpaired) electrons. The van der Waals surface area contributed by atoms with Gasteiger partial charge in [0.05, 0.1) is 22.3 Å². The van der Waals surface area contributed by atoms with Crippen molar-refractivity contribution in [3.63, 3.8) is 0 Å². The maximum atomic E-state index is 12.1. The van der Waals surface area contributed by atoms with Crippen LogP contribution in [0.3, 0.4) is 0 Å². The Bertz CT molecular complexity index is 1350. The fourth-order valence-corrected chi connectivity index (χ4v) is 4.25. The van der Waals surface area contributed by atoms with Crippen molar-refractivity contribution in [3.8, 4) is 16.9 Å². The molecule has 2 aromatic carbocycles. The van der Waals surface area contributed by atoms with E-state index in [2.05, 4.69) is 10.4 Å². The molecule has 0 saturated carbocycles. The minimum absolute atomic E-state index is 0. The molecule has 3 aromatic rings. The summed E-state index contributed by atoms with van der Waals surface area (Å²) in [5.74, 6) is -0.989. The third-order valence-electron chi connectivity index (χ3n) is 5.32. The lowest BCUT2D eigenvalue weighted by atomic mass is 9.88. The number of hydrogen-bond donors (Lipinski definition) is 4. The average molecular weight is 491 g/mol. The van der Waals surface area contributed by atoms with Crippen LogP contribution in [0.2, 0.25) is 0 Å². The maximum Gasteiger partial charge on any atom is 0.269 e. The van der Waals surface area contributed by atoms with Gasteiger partial charge < -0.3 is 16.8 Å². The van der Waals surface area contributed by atoms with E-state index in [-0.39, 0.29) is 28.9 Å². The van der Waals surface area contributed by atoms with E-state index < -0.39 is 22.0 Å². The van der Waals surface area contributed by atoms with Gasteiger partial charge in [0.25, 0.3) is 5.91 Å². The summed E-state index contributed by atoms with van der Waals surface area (Å²) < 4.78 is 24.7. The van der Waals surface area contributed by atoms with E-state index in [0.717, 1.165) is 11.1 Å². The summed E-state index contributed by atoms with van der Waals surface area (Å²) in [7, 11) is -3.85. The molecule has 0 spiro atoms. The SMILES string of the molecule is C[C@H](N)C(=O)Nc1ccc2c(c1)-c1c(c(C(N)=O)nn1-c1ccc(S(N)(=O)=O)cc1)CC2.Cl. The summed E-state index contributed by atoms with van der Waals surface area (Å²) in [6, 6.07) is 10.7. The smallest absolute Gasteiger partial charge is 0.269 e. The zero-order valence-electron chi connectivity index (χ0n) is 17.6. The summed E-state index contributed by atoms with van der Waals surface area (Å²) in [6.45, 7) is 1.59. The van der Waals surface area contributed by atoms with Crippen LogP contribution in [0, 0.1) is 0 Å². The van der Waals surface area contributed by atoms with Crippen LogP contribution < -0.4 is 21.9 Å². The van der Waals surface area contributed by atoms with Gasteiger partial charge in [0.2, 0.25) is 15.9 Å². The number of carbonyl (C=O) groups is 2. The molecule has 0 fully saturated rings. The molecule has 0 saturated heterocycles. The molecule has 1 heterocycles. The molecule has 33 heavy (non-hydrogen) atoms. The van der Waals surface area contributed by atoms with Crippen molar-refractivity contribution in [2.24, 2.45) is 16.6 Å². The van der Waals surface area contributed by atoms with Crippen molar-refractivity contribution in [1.82, 2.24) is 9.78 Å². The van der Waals surface area contributed by atoms with Crippen molar-refractivity contribution in [3.05, 3.63) is 59.3 Å². The highest BCUT2D eigenvalue weighted by molar-refractivity contribution is 7.89. The van der Waals surface area contributed by atoms with Crippen LogP contribution in [0.4, 0.5) is 5.69 Å². The first-order valence-electron chi connectivity index (χ1n) is 9.81. The van der Waals surface area contributed by atoms with Crippen LogP contribution in [0.15, 0.2) is 47.4 Å². The molecule has 1 aliphatic carbocycles. The first-order chi connectivity index (χ1) is 15.1. The highest BCUT2D eigenvalue weighted by atomic mass is 35.5. The number of nitrogens with one attached hydrogen (secondary N) is 1. The second-order valence-corrected chi connectivity index (χ2v) is 9.20. The van der Waals surface area contributed by atoms with Gasteiger partial charge in [-0.2, -0.15) is 5.10 Å². The molecule has 7 N–H and O–H groups in total. The Balaban J connectivity index is 0.00000306. The second-order valence-electron chi connectivity index (χ2n) is 7.64. The first kappa shape index (κ1) is 24.4. The van der Waals surface area contributed by atoms with E-state index in [1.807, 2.05) is 6.07 Å². The molecule has 174 valence electrons. The Hall–Kier alpha value is -3.25. The number of halogens is 1. The number of hydrogen-bond acceptors (Lipinski definition) is 6. The van der Waals surface area contributed by atoms with Crippen molar-refractivity contribution >= 4 is 39.9 Å². The number of nitrogens with two attached hydrogens (primary N) is 3. The molecule has 4 rings (SSSR count). The van der Waals surface area contributed by atoms with E-state index in [9.17, 15) is 18.0 Å². The lowest BCUT2D eigenvalue weighted by Crippen LogP contribution is -2.32. The highest BCUT2D eigenvalue weighted by Crippen LogP contribution is 2.38. The largest absolute Gasteiger partial charge is 0.364 e. The van der Waals surface area contributed by atoms with E-state index in [1.54, 1.807) is 35.9 Å². The summed E-state index contributed by atoms with van der Waals surface area (Å²) >= 11 is 0. The van der Waals surface area contributed by atoms with Gasteiger partial charge in [0.15, 0.2) is 5.69 Å². The fourth-order valence-electron chi connectivity index (χ4n) is 3.73. The van der Waals surface area contributed by atoms with Gasteiger partial charge in [-0.05, 0) is 61.7 Å². The Morgan fingerprint density at radius 1 is 1.12 bits per heavy atom. The van der Waals surface area contributed by atoms with E-state index in [4.69, 9.17) is 16.6 Å². The summed E-state index contributed by atoms with van der Waals surface area (Å²) in [6.07, 6.45) is 1.22. The van der Waals surface area contributed by atoms with Crippen molar-refractivity contribution in [1.29, 1.82) is 0 Å². The molecule has 2 amide bonds. The number of fused-ring (bicyclic) bond motifs is 3. The molecule has 0 aliphatic heterocycles. The minimum atomic E-state index is -3.85.